The molecule has 1 N–H and O–H groups in total. The van der Waals surface area contributed by atoms with Crippen molar-refractivity contribution in [3.63, 3.8) is 0 Å². The molecule has 0 aliphatic rings. The van der Waals surface area contributed by atoms with E-state index in [1.54, 1.807) is 10.6 Å². The summed E-state index contributed by atoms with van der Waals surface area (Å²) in [7, 11) is 0. The Morgan fingerprint density at radius 1 is 1.17 bits per heavy atom. The number of halogens is 3. The number of anilines is 1. The lowest BCUT2D eigenvalue weighted by Crippen LogP contribution is -2.18. The Morgan fingerprint density at radius 2 is 1.87 bits per heavy atom. The highest BCUT2D eigenvalue weighted by atomic mass is 32.2. The predicted molar refractivity (Wildman–Crippen MR) is 111 cm³/mol. The molecule has 1 aromatic heterocycles. The van der Waals surface area contributed by atoms with Gasteiger partial charge in [0.1, 0.15) is 0 Å². The fraction of sp³-hybridized carbons (Fsp3) is 0.190. The normalized spacial score (nSPS) is 11.3. The van der Waals surface area contributed by atoms with Gasteiger partial charge >= 0.3 is 6.18 Å². The number of aromatic nitrogens is 3. The Kier molecular flexibility index (Phi) is 6.61. The van der Waals surface area contributed by atoms with E-state index < -0.39 is 17.6 Å². The minimum Gasteiger partial charge on any atom is -0.325 e. The Morgan fingerprint density at radius 3 is 2.53 bits per heavy atom. The maximum Gasteiger partial charge on any atom is 0.418 e. The van der Waals surface area contributed by atoms with Crippen LogP contribution in [0.25, 0.3) is 11.4 Å². The van der Waals surface area contributed by atoms with Crippen molar-refractivity contribution < 1.29 is 18.0 Å². The molecule has 0 atom stereocenters. The summed E-state index contributed by atoms with van der Waals surface area (Å²) in [6.07, 6.45) is -2.87. The van der Waals surface area contributed by atoms with Gasteiger partial charge in [-0.25, -0.2) is 0 Å². The second-order valence-electron chi connectivity index (χ2n) is 6.45. The SMILES string of the molecule is C=CCn1c(SCC(=O)Nc2ccccc2C(F)(F)F)nnc1-c1ccc(C)cc1. The van der Waals surface area contributed by atoms with E-state index in [1.165, 1.54) is 18.2 Å². The zero-order chi connectivity index (χ0) is 21.7. The number of amides is 1. The number of para-hydroxylation sites is 1. The van der Waals surface area contributed by atoms with Gasteiger partial charge in [0.2, 0.25) is 5.91 Å². The van der Waals surface area contributed by atoms with E-state index >= 15 is 0 Å². The first kappa shape index (κ1) is 21.6. The van der Waals surface area contributed by atoms with Crippen molar-refractivity contribution in [3.05, 3.63) is 72.3 Å². The zero-order valence-corrected chi connectivity index (χ0v) is 16.9. The van der Waals surface area contributed by atoms with Crippen LogP contribution >= 0.6 is 11.8 Å². The first-order valence-electron chi connectivity index (χ1n) is 8.99. The molecule has 0 aliphatic heterocycles. The molecule has 0 bridgehead atoms. The number of alkyl halides is 3. The Balaban J connectivity index is 1.74. The largest absolute Gasteiger partial charge is 0.418 e. The third-order valence-corrected chi connectivity index (χ3v) is 5.14. The zero-order valence-electron chi connectivity index (χ0n) is 16.1. The summed E-state index contributed by atoms with van der Waals surface area (Å²) in [4.78, 5) is 12.3. The third-order valence-electron chi connectivity index (χ3n) is 4.18. The minimum atomic E-state index is -4.55. The maximum atomic E-state index is 13.1. The highest BCUT2D eigenvalue weighted by molar-refractivity contribution is 7.99. The van der Waals surface area contributed by atoms with Crippen LogP contribution in [0.4, 0.5) is 18.9 Å². The molecule has 0 aliphatic carbocycles. The number of hydrogen-bond acceptors (Lipinski definition) is 4. The van der Waals surface area contributed by atoms with Crippen molar-refractivity contribution in [1.29, 1.82) is 0 Å². The Hall–Kier alpha value is -3.07. The van der Waals surface area contributed by atoms with Gasteiger partial charge in [0.25, 0.3) is 0 Å². The number of nitrogens with one attached hydrogen (secondary N) is 1. The standard InChI is InChI=1S/C21H19F3N4OS/c1-3-12-28-19(15-10-8-14(2)9-11-15)26-27-20(28)30-13-18(29)25-17-7-5-4-6-16(17)21(22,23)24/h3-11H,1,12-13H2,2H3,(H,25,29). The average molecular weight is 432 g/mol. The number of benzene rings is 2. The number of thioether (sulfide) groups is 1. The second kappa shape index (κ2) is 9.17. The molecule has 1 amide bonds. The molecule has 0 spiro atoms. The number of nitrogens with zero attached hydrogens (tertiary/aromatic N) is 3. The fourth-order valence-electron chi connectivity index (χ4n) is 2.76. The average Bonchev–Trinajstić information content (AvgIpc) is 3.09. The van der Waals surface area contributed by atoms with Crippen LogP contribution < -0.4 is 5.32 Å². The van der Waals surface area contributed by atoms with E-state index in [-0.39, 0.29) is 11.4 Å². The smallest absolute Gasteiger partial charge is 0.325 e. The third kappa shape index (κ3) is 5.10. The van der Waals surface area contributed by atoms with Gasteiger partial charge in [-0.05, 0) is 19.1 Å². The van der Waals surface area contributed by atoms with Crippen molar-refractivity contribution in [1.82, 2.24) is 14.8 Å². The van der Waals surface area contributed by atoms with Crippen LogP contribution in [0, 0.1) is 6.92 Å². The van der Waals surface area contributed by atoms with Gasteiger partial charge in [-0.2, -0.15) is 13.2 Å². The summed E-state index contributed by atoms with van der Waals surface area (Å²) in [5, 5.41) is 11.1. The summed E-state index contributed by atoms with van der Waals surface area (Å²) in [6.45, 7) is 6.15. The van der Waals surface area contributed by atoms with Gasteiger partial charge in [0.15, 0.2) is 11.0 Å². The first-order valence-corrected chi connectivity index (χ1v) is 9.98. The number of carbonyl (C=O) groups excluding carboxylic acids is 1. The number of carbonyl (C=O) groups is 1. The molecule has 5 nitrogen and oxygen atoms in total. The van der Waals surface area contributed by atoms with Crippen LogP contribution in [0.3, 0.4) is 0 Å². The lowest BCUT2D eigenvalue weighted by molar-refractivity contribution is -0.137. The van der Waals surface area contributed by atoms with Crippen LogP contribution in [0.2, 0.25) is 0 Å². The van der Waals surface area contributed by atoms with Gasteiger partial charge in [-0.3, -0.25) is 9.36 Å². The monoisotopic (exact) mass is 432 g/mol. The van der Waals surface area contributed by atoms with Crippen molar-refractivity contribution in [2.45, 2.75) is 24.8 Å². The van der Waals surface area contributed by atoms with Crippen LogP contribution in [-0.2, 0) is 17.5 Å². The molecular formula is C21H19F3N4OS. The topological polar surface area (TPSA) is 59.8 Å². The highest BCUT2D eigenvalue weighted by Crippen LogP contribution is 2.34. The van der Waals surface area contributed by atoms with Gasteiger partial charge in [-0.1, -0.05) is 59.8 Å². The molecule has 3 aromatic rings. The van der Waals surface area contributed by atoms with Crippen LogP contribution in [0.5, 0.6) is 0 Å². The summed E-state index contributed by atoms with van der Waals surface area (Å²) in [5.41, 5.74) is 0.813. The van der Waals surface area contributed by atoms with Crippen LogP contribution in [0.15, 0.2) is 66.3 Å². The fourth-order valence-corrected chi connectivity index (χ4v) is 3.51. The Bertz CT molecular complexity index is 1050. The quantitative estimate of drug-likeness (QED) is 0.412. The first-order chi connectivity index (χ1) is 14.3. The highest BCUT2D eigenvalue weighted by Gasteiger charge is 2.33. The molecule has 9 heteroatoms. The molecule has 0 saturated heterocycles. The van der Waals surface area contributed by atoms with E-state index in [4.69, 9.17) is 0 Å². The molecule has 0 unspecified atom stereocenters. The molecule has 0 radical (unpaired) electrons. The molecular weight excluding hydrogens is 413 g/mol. The lowest BCUT2D eigenvalue weighted by Gasteiger charge is -2.13. The maximum absolute atomic E-state index is 13.1. The summed E-state index contributed by atoms with van der Waals surface area (Å²) in [5.74, 6) is -0.0583. The molecule has 3 rings (SSSR count). The van der Waals surface area contributed by atoms with Crippen molar-refractivity contribution in [2.75, 3.05) is 11.1 Å². The lowest BCUT2D eigenvalue weighted by atomic mass is 10.1. The van der Waals surface area contributed by atoms with Gasteiger partial charge < -0.3 is 5.32 Å². The Labute approximate surface area is 176 Å². The summed E-state index contributed by atoms with van der Waals surface area (Å²) < 4.78 is 41.1. The number of aryl methyl sites for hydroxylation is 1. The van der Waals surface area contributed by atoms with E-state index in [2.05, 4.69) is 22.1 Å². The van der Waals surface area contributed by atoms with Gasteiger partial charge in [0.05, 0.1) is 17.0 Å². The van der Waals surface area contributed by atoms with E-state index in [9.17, 15) is 18.0 Å². The number of hydrogen-bond donors (Lipinski definition) is 1. The van der Waals surface area contributed by atoms with Crippen molar-refractivity contribution in [3.8, 4) is 11.4 Å². The van der Waals surface area contributed by atoms with Crippen molar-refractivity contribution >= 4 is 23.4 Å². The molecule has 1 heterocycles. The van der Waals surface area contributed by atoms with Crippen LogP contribution in [-0.4, -0.2) is 26.4 Å². The van der Waals surface area contributed by atoms with Crippen molar-refractivity contribution in [2.24, 2.45) is 0 Å². The van der Waals surface area contributed by atoms with E-state index in [0.717, 1.165) is 29.0 Å². The molecule has 2 aromatic carbocycles. The molecule has 0 saturated carbocycles. The summed E-state index contributed by atoms with van der Waals surface area (Å²) in [6, 6.07) is 12.6. The minimum absolute atomic E-state index is 0.116. The van der Waals surface area contributed by atoms with Crippen LogP contribution in [0.1, 0.15) is 11.1 Å². The number of rotatable bonds is 7. The molecule has 156 valence electrons. The summed E-state index contributed by atoms with van der Waals surface area (Å²) >= 11 is 1.09. The van der Waals surface area contributed by atoms with Gasteiger partial charge in [0, 0.05) is 12.1 Å². The molecule has 30 heavy (non-hydrogen) atoms. The van der Waals surface area contributed by atoms with E-state index in [0.29, 0.717) is 17.5 Å². The predicted octanol–water partition coefficient (Wildman–Crippen LogP) is 5.19. The number of allylic oxidation sites excluding steroid dienone is 1. The van der Waals surface area contributed by atoms with Gasteiger partial charge in [-0.15, -0.1) is 16.8 Å². The molecule has 0 fully saturated rings. The second-order valence-corrected chi connectivity index (χ2v) is 7.39. The van der Waals surface area contributed by atoms with E-state index in [1.807, 2.05) is 31.2 Å².